The highest BCUT2D eigenvalue weighted by Crippen LogP contribution is 2.28. The number of aryl methyl sites for hydroxylation is 1. The van der Waals surface area contributed by atoms with Crippen LogP contribution >= 0.6 is 34.5 Å². The van der Waals surface area contributed by atoms with Gasteiger partial charge in [0.2, 0.25) is 0 Å². The summed E-state index contributed by atoms with van der Waals surface area (Å²) in [5, 5.41) is 1.29. The van der Waals surface area contributed by atoms with E-state index < -0.39 is 0 Å². The molecule has 1 aromatic carbocycles. The molecule has 1 atom stereocenters. The van der Waals surface area contributed by atoms with Crippen molar-refractivity contribution in [2.75, 3.05) is 0 Å². The second-order valence-corrected chi connectivity index (χ2v) is 5.69. The van der Waals surface area contributed by atoms with Crippen LogP contribution in [0.1, 0.15) is 22.2 Å². The zero-order valence-electron chi connectivity index (χ0n) is 9.78. The van der Waals surface area contributed by atoms with E-state index in [0.29, 0.717) is 16.5 Å². The molecule has 0 aliphatic heterocycles. The monoisotopic (exact) mass is 301 g/mol. The maximum atomic E-state index is 6.17. The molecule has 0 aliphatic carbocycles. The third kappa shape index (κ3) is 3.02. The van der Waals surface area contributed by atoms with E-state index in [1.807, 2.05) is 24.6 Å². The van der Waals surface area contributed by atoms with Gasteiger partial charge in [0, 0.05) is 14.9 Å². The maximum absolute atomic E-state index is 6.17. The Kier molecular flexibility index (Phi) is 4.59. The van der Waals surface area contributed by atoms with Crippen LogP contribution < -0.4 is 11.3 Å². The number of thiazole rings is 1. The Morgan fingerprint density at radius 1 is 1.44 bits per heavy atom. The lowest BCUT2D eigenvalue weighted by molar-refractivity contribution is 0.557. The van der Waals surface area contributed by atoms with E-state index in [9.17, 15) is 0 Å². The van der Waals surface area contributed by atoms with Crippen LogP contribution in [0.15, 0.2) is 23.7 Å². The van der Waals surface area contributed by atoms with Crippen molar-refractivity contribution < 1.29 is 0 Å². The molecule has 6 heteroatoms. The van der Waals surface area contributed by atoms with Crippen molar-refractivity contribution >= 4 is 34.5 Å². The quantitative estimate of drug-likeness (QED) is 0.671. The van der Waals surface area contributed by atoms with E-state index in [0.717, 1.165) is 16.1 Å². The number of hydrogen-bond acceptors (Lipinski definition) is 4. The van der Waals surface area contributed by atoms with Crippen molar-refractivity contribution in [3.05, 3.63) is 49.9 Å². The number of halogens is 2. The Hall–Kier alpha value is -0.650. The lowest BCUT2D eigenvalue weighted by Gasteiger charge is -2.16. The molecule has 1 aromatic heterocycles. The first-order chi connectivity index (χ1) is 8.61. The van der Waals surface area contributed by atoms with Crippen molar-refractivity contribution in [1.82, 2.24) is 10.4 Å². The molecule has 0 amide bonds. The molecule has 0 saturated heterocycles. The van der Waals surface area contributed by atoms with E-state index in [1.54, 1.807) is 17.4 Å². The fourth-order valence-corrected chi connectivity index (χ4v) is 3.13. The summed E-state index contributed by atoms with van der Waals surface area (Å²) >= 11 is 13.6. The summed E-state index contributed by atoms with van der Waals surface area (Å²) in [6.07, 6.45) is 0.704. The van der Waals surface area contributed by atoms with Crippen LogP contribution in [0.25, 0.3) is 0 Å². The van der Waals surface area contributed by atoms with Crippen molar-refractivity contribution in [3.8, 4) is 0 Å². The minimum absolute atomic E-state index is 0.0103. The predicted molar refractivity (Wildman–Crippen MR) is 77.1 cm³/mol. The average Bonchev–Trinajstić information content (AvgIpc) is 2.75. The van der Waals surface area contributed by atoms with Gasteiger partial charge >= 0.3 is 0 Å². The Bertz CT molecular complexity index is 542. The number of aromatic nitrogens is 1. The van der Waals surface area contributed by atoms with Gasteiger partial charge in [0.1, 0.15) is 0 Å². The summed E-state index contributed by atoms with van der Waals surface area (Å²) in [7, 11) is 0. The maximum Gasteiger partial charge on any atom is 0.0798 e. The molecule has 96 valence electrons. The third-order valence-corrected chi connectivity index (χ3v) is 4.37. The van der Waals surface area contributed by atoms with Crippen LogP contribution in [0.5, 0.6) is 0 Å². The second kappa shape index (κ2) is 5.99. The van der Waals surface area contributed by atoms with Gasteiger partial charge in [0.15, 0.2) is 0 Å². The normalized spacial score (nSPS) is 12.7. The number of nitrogens with zero attached hydrogens (tertiary/aromatic N) is 1. The standard InChI is InChI=1S/C12H13Cl2N3S/c1-7-12(18-6-16-7)11(17-15)4-8-2-3-9(13)5-10(8)14/h2-3,5-6,11,17H,4,15H2,1H3. The van der Waals surface area contributed by atoms with Gasteiger partial charge in [-0.1, -0.05) is 29.3 Å². The van der Waals surface area contributed by atoms with E-state index in [1.165, 1.54) is 0 Å². The first-order valence-electron chi connectivity index (χ1n) is 5.42. The second-order valence-electron chi connectivity index (χ2n) is 3.96. The van der Waals surface area contributed by atoms with E-state index in [4.69, 9.17) is 29.0 Å². The zero-order chi connectivity index (χ0) is 13.1. The summed E-state index contributed by atoms with van der Waals surface area (Å²) in [6.45, 7) is 1.97. The van der Waals surface area contributed by atoms with Crippen LogP contribution in [-0.4, -0.2) is 4.98 Å². The molecule has 0 fully saturated rings. The molecule has 0 bridgehead atoms. The smallest absolute Gasteiger partial charge is 0.0798 e. The number of benzene rings is 1. The first kappa shape index (κ1) is 13.8. The molecular formula is C12H13Cl2N3S. The van der Waals surface area contributed by atoms with Gasteiger partial charge < -0.3 is 0 Å². The SMILES string of the molecule is Cc1ncsc1C(Cc1ccc(Cl)cc1Cl)NN. The molecule has 3 N–H and O–H groups in total. The molecule has 0 radical (unpaired) electrons. The van der Waals surface area contributed by atoms with Gasteiger partial charge in [-0.15, -0.1) is 11.3 Å². The third-order valence-electron chi connectivity index (χ3n) is 2.74. The number of nitrogens with two attached hydrogens (primary N) is 1. The summed E-state index contributed by atoms with van der Waals surface area (Å²) in [4.78, 5) is 5.36. The van der Waals surface area contributed by atoms with Gasteiger partial charge in [-0.3, -0.25) is 11.3 Å². The molecule has 1 heterocycles. The fraction of sp³-hybridized carbons (Fsp3) is 0.250. The van der Waals surface area contributed by atoms with E-state index in [2.05, 4.69) is 10.4 Å². The molecule has 18 heavy (non-hydrogen) atoms. The Balaban J connectivity index is 2.23. The van der Waals surface area contributed by atoms with Crippen LogP contribution in [0.3, 0.4) is 0 Å². The highest BCUT2D eigenvalue weighted by atomic mass is 35.5. The van der Waals surface area contributed by atoms with Gasteiger partial charge in [0.25, 0.3) is 0 Å². The molecule has 0 spiro atoms. The molecule has 2 aromatic rings. The van der Waals surface area contributed by atoms with Crippen LogP contribution in [0.4, 0.5) is 0 Å². The number of hydrazine groups is 1. The van der Waals surface area contributed by atoms with Crippen molar-refractivity contribution in [1.29, 1.82) is 0 Å². The fourth-order valence-electron chi connectivity index (χ4n) is 1.78. The summed E-state index contributed by atoms with van der Waals surface area (Å²) in [6, 6.07) is 5.50. The van der Waals surface area contributed by atoms with Crippen molar-refractivity contribution in [2.45, 2.75) is 19.4 Å². The first-order valence-corrected chi connectivity index (χ1v) is 7.05. The topological polar surface area (TPSA) is 50.9 Å². The molecule has 0 aliphatic rings. The summed E-state index contributed by atoms with van der Waals surface area (Å²) in [5.74, 6) is 5.62. The molecule has 3 nitrogen and oxygen atoms in total. The molecular weight excluding hydrogens is 289 g/mol. The highest BCUT2D eigenvalue weighted by molar-refractivity contribution is 7.09. The molecule has 2 rings (SSSR count). The van der Waals surface area contributed by atoms with E-state index >= 15 is 0 Å². The zero-order valence-corrected chi connectivity index (χ0v) is 12.1. The Labute approximate surface area is 120 Å². The van der Waals surface area contributed by atoms with Crippen molar-refractivity contribution in [3.63, 3.8) is 0 Å². The minimum Gasteiger partial charge on any atom is -0.271 e. The Morgan fingerprint density at radius 2 is 2.22 bits per heavy atom. The largest absolute Gasteiger partial charge is 0.271 e. The minimum atomic E-state index is 0.0103. The lowest BCUT2D eigenvalue weighted by Crippen LogP contribution is -2.29. The highest BCUT2D eigenvalue weighted by Gasteiger charge is 2.16. The summed E-state index contributed by atoms with van der Waals surface area (Å²) in [5.41, 5.74) is 6.64. The average molecular weight is 302 g/mol. The van der Waals surface area contributed by atoms with Crippen LogP contribution in [0, 0.1) is 6.92 Å². The van der Waals surface area contributed by atoms with Crippen LogP contribution in [-0.2, 0) is 6.42 Å². The lowest BCUT2D eigenvalue weighted by atomic mass is 10.0. The molecule has 1 unspecified atom stereocenters. The van der Waals surface area contributed by atoms with Crippen molar-refractivity contribution in [2.24, 2.45) is 5.84 Å². The predicted octanol–water partition coefficient (Wildman–Crippen LogP) is 3.51. The number of nitrogens with one attached hydrogen (secondary N) is 1. The number of rotatable bonds is 4. The van der Waals surface area contributed by atoms with E-state index in [-0.39, 0.29) is 6.04 Å². The van der Waals surface area contributed by atoms with Crippen LogP contribution in [0.2, 0.25) is 10.0 Å². The van der Waals surface area contributed by atoms with Gasteiger partial charge in [-0.25, -0.2) is 4.98 Å². The van der Waals surface area contributed by atoms with Gasteiger partial charge in [-0.05, 0) is 31.0 Å². The summed E-state index contributed by atoms with van der Waals surface area (Å²) < 4.78 is 0. The van der Waals surface area contributed by atoms with Gasteiger partial charge in [0.05, 0.1) is 17.2 Å². The van der Waals surface area contributed by atoms with Gasteiger partial charge in [-0.2, -0.15) is 0 Å². The number of hydrogen-bond donors (Lipinski definition) is 2. The molecule has 0 saturated carbocycles. The Morgan fingerprint density at radius 3 is 2.78 bits per heavy atom.